The van der Waals surface area contributed by atoms with Gasteiger partial charge in [0.15, 0.2) is 0 Å². The van der Waals surface area contributed by atoms with E-state index in [2.05, 4.69) is 26.3 Å². The zero-order valence-corrected chi connectivity index (χ0v) is 64.0. The summed E-state index contributed by atoms with van der Waals surface area (Å²) in [4.78, 5) is 101. The van der Waals surface area contributed by atoms with Crippen molar-refractivity contribution in [2.24, 2.45) is 0 Å². The molecule has 0 N–H and O–H groups in total. The Labute approximate surface area is 642 Å². The van der Waals surface area contributed by atoms with Gasteiger partial charge in [-0.3, -0.25) is 0 Å². The molecular formula is C89H108O20. The topological polar surface area (TPSA) is 247 Å². The minimum atomic E-state index is -0.569. The summed E-state index contributed by atoms with van der Waals surface area (Å²) >= 11 is 0. The van der Waals surface area contributed by atoms with E-state index in [0.29, 0.717) is 156 Å². The number of benzene rings is 6. The summed E-state index contributed by atoms with van der Waals surface area (Å²) in [6, 6.07) is 37.0. The predicted molar refractivity (Wildman–Crippen MR) is 417 cm³/mol. The van der Waals surface area contributed by atoms with Crippen LogP contribution in [0.5, 0.6) is 46.0 Å². The second kappa shape index (κ2) is 50.0. The first-order valence-electron chi connectivity index (χ1n) is 38.1. The molecule has 0 radical (unpaired) electrons. The fraction of sp³-hybridized carbons (Fsp3) is 0.416. The van der Waals surface area contributed by atoms with Crippen molar-refractivity contribution in [3.8, 4) is 46.0 Å². The Kier molecular flexibility index (Phi) is 40.0. The molecule has 20 nitrogen and oxygen atoms in total. The average Bonchev–Trinajstić information content (AvgIpc) is 0.835. The van der Waals surface area contributed by atoms with E-state index >= 15 is 0 Å². The number of carbonyl (C=O) groups is 8. The molecule has 109 heavy (non-hydrogen) atoms. The van der Waals surface area contributed by atoms with Crippen molar-refractivity contribution in [2.45, 2.75) is 188 Å². The van der Waals surface area contributed by atoms with E-state index in [1.165, 1.54) is 0 Å². The Morgan fingerprint density at radius 2 is 0.440 bits per heavy atom. The van der Waals surface area contributed by atoms with Gasteiger partial charge in [-0.25, -0.2) is 38.4 Å². The summed E-state index contributed by atoms with van der Waals surface area (Å²) in [5.41, 5.74) is 4.19. The number of unbranched alkanes of at least 4 members (excludes halogenated alkanes) is 18. The maximum atomic E-state index is 13.7. The second-order valence-corrected chi connectivity index (χ2v) is 26.9. The largest absolute Gasteiger partial charge is 0.494 e. The molecule has 0 amide bonds. The quantitative estimate of drug-likeness (QED) is 0.0113. The highest BCUT2D eigenvalue weighted by Gasteiger charge is 2.20. The molecule has 0 heterocycles. The van der Waals surface area contributed by atoms with Crippen molar-refractivity contribution in [2.75, 3.05) is 52.9 Å². The van der Waals surface area contributed by atoms with Gasteiger partial charge >= 0.3 is 47.8 Å². The molecule has 0 atom stereocenters. The average molecular weight is 1500 g/mol. The fourth-order valence-electron chi connectivity index (χ4n) is 10.9. The zero-order valence-electron chi connectivity index (χ0n) is 64.0. The van der Waals surface area contributed by atoms with Crippen LogP contribution < -0.4 is 37.9 Å². The minimum Gasteiger partial charge on any atom is -0.494 e. The van der Waals surface area contributed by atoms with Gasteiger partial charge in [-0.05, 0) is 301 Å². The van der Waals surface area contributed by atoms with Crippen LogP contribution >= 0.6 is 0 Å². The minimum absolute atomic E-state index is 0.288. The van der Waals surface area contributed by atoms with Crippen molar-refractivity contribution in [3.63, 3.8) is 0 Å². The van der Waals surface area contributed by atoms with E-state index in [4.69, 9.17) is 56.8 Å². The molecule has 0 bridgehead atoms. The molecule has 0 spiro atoms. The lowest BCUT2D eigenvalue weighted by atomic mass is 10.0. The standard InChI is InChI=1S/C89H108O20/c1-64(2)82(90)102-58-28-18-14-24-54-98-74-42-34-68(35-43-74)86(94)106-78-50-52-80(108-88(96)70-38-46-76(47-39-70)100-56-26-16-20-30-60-104-84(92)66(5)6)72(62-78)32-22-12-10-9-11-13-23-33-73-63-79(107-87(95)69-36-44-75(45-37-69)99-55-25-15-19-29-59-103-83(91)65(3)4)51-53-81(73)109-89(97)71-40-48-77(49-41-71)101-57-27-17-21-31-61-105-85(93)67(7)8/h34-53,62-63H,1,3,5,7,9-33,54-61H2,2,4,6,8H3. The third-order valence-corrected chi connectivity index (χ3v) is 17.2. The van der Waals surface area contributed by atoms with Gasteiger partial charge in [0.2, 0.25) is 0 Å². The third kappa shape index (κ3) is 34.8. The molecule has 0 saturated carbocycles. The molecule has 20 heteroatoms. The normalized spacial score (nSPS) is 10.8. The molecule has 6 aromatic rings. The van der Waals surface area contributed by atoms with Crippen LogP contribution in [-0.4, -0.2) is 101 Å². The van der Waals surface area contributed by atoms with E-state index < -0.39 is 23.9 Å². The number of aryl methyl sites for hydroxylation is 2. The van der Waals surface area contributed by atoms with Crippen LogP contribution in [0, 0.1) is 0 Å². The van der Waals surface area contributed by atoms with Gasteiger partial charge in [0.25, 0.3) is 0 Å². The molecule has 0 fully saturated rings. The van der Waals surface area contributed by atoms with Crippen LogP contribution in [0.3, 0.4) is 0 Å². The van der Waals surface area contributed by atoms with Gasteiger partial charge in [0.05, 0.1) is 75.1 Å². The van der Waals surface area contributed by atoms with Crippen LogP contribution in [0.4, 0.5) is 0 Å². The highest BCUT2D eigenvalue weighted by atomic mass is 16.6. The van der Waals surface area contributed by atoms with Crippen molar-refractivity contribution < 1.29 is 95.2 Å². The summed E-state index contributed by atoms with van der Waals surface area (Å²) in [6.07, 6.45) is 20.4. The van der Waals surface area contributed by atoms with Gasteiger partial charge < -0.3 is 56.8 Å². The summed E-state index contributed by atoms with van der Waals surface area (Å²) < 4.78 is 68.2. The van der Waals surface area contributed by atoms with Gasteiger partial charge in [-0.15, -0.1) is 0 Å². The molecule has 6 aromatic carbocycles. The lowest BCUT2D eigenvalue weighted by Gasteiger charge is -2.14. The Bertz CT molecular complexity index is 3650. The lowest BCUT2D eigenvalue weighted by molar-refractivity contribution is -0.139. The Balaban J connectivity index is 1.03. The molecular weight excluding hydrogens is 1390 g/mol. The highest BCUT2D eigenvalue weighted by molar-refractivity contribution is 5.94. The summed E-state index contributed by atoms with van der Waals surface area (Å²) in [5.74, 6) is -0.102. The van der Waals surface area contributed by atoms with Crippen LogP contribution in [0.15, 0.2) is 182 Å². The first-order chi connectivity index (χ1) is 52.7. The van der Waals surface area contributed by atoms with Gasteiger partial charge in [-0.1, -0.05) is 58.4 Å². The van der Waals surface area contributed by atoms with Crippen molar-refractivity contribution in [1.29, 1.82) is 0 Å². The number of hydrogen-bond donors (Lipinski definition) is 0. The molecule has 0 aliphatic rings. The van der Waals surface area contributed by atoms with Crippen molar-refractivity contribution in [1.82, 2.24) is 0 Å². The molecule has 0 aromatic heterocycles. The molecule has 0 aliphatic heterocycles. The lowest BCUT2D eigenvalue weighted by Crippen LogP contribution is -2.11. The first kappa shape index (κ1) is 87.2. The fourth-order valence-corrected chi connectivity index (χ4v) is 10.9. The number of rotatable bonds is 54. The van der Waals surface area contributed by atoms with E-state index in [1.54, 1.807) is 161 Å². The SMILES string of the molecule is C=C(C)C(=O)OCCCCCCOc1ccc(C(=O)Oc2ccc(OC(=O)c3ccc(OCCCCCCOC(=O)C(=C)C)cc3)c(CCCCCCCCCc3cc(OC(=O)c4ccc(OCCCCCCOC(=O)C(=C)C)cc4)ccc3OC(=O)c3ccc(OCCCCCCOC(=O)C(=C)C)cc3)c2)cc1. The number of esters is 8. The van der Waals surface area contributed by atoms with Crippen LogP contribution in [0.25, 0.3) is 0 Å². The molecule has 6 rings (SSSR count). The van der Waals surface area contributed by atoms with Crippen LogP contribution in [0.2, 0.25) is 0 Å². The van der Waals surface area contributed by atoms with Crippen LogP contribution in [0.1, 0.15) is 228 Å². The zero-order chi connectivity index (χ0) is 78.4. The van der Waals surface area contributed by atoms with E-state index in [9.17, 15) is 38.4 Å². The van der Waals surface area contributed by atoms with Crippen molar-refractivity contribution in [3.05, 3.63) is 215 Å². The van der Waals surface area contributed by atoms with E-state index in [0.717, 1.165) is 148 Å². The second-order valence-electron chi connectivity index (χ2n) is 26.9. The van der Waals surface area contributed by atoms with E-state index in [1.807, 2.05) is 0 Å². The van der Waals surface area contributed by atoms with Crippen LogP contribution in [-0.2, 0) is 51.0 Å². The molecule has 0 unspecified atom stereocenters. The predicted octanol–water partition coefficient (Wildman–Crippen LogP) is 19.3. The Hall–Kier alpha value is -10.8. The van der Waals surface area contributed by atoms with E-state index in [-0.39, 0.29) is 35.4 Å². The maximum Gasteiger partial charge on any atom is 0.343 e. The summed E-state index contributed by atoms with van der Waals surface area (Å²) in [6.45, 7) is 24.2. The molecule has 0 saturated heterocycles. The Morgan fingerprint density at radius 3 is 0.679 bits per heavy atom. The third-order valence-electron chi connectivity index (χ3n) is 17.2. The monoisotopic (exact) mass is 1500 g/mol. The van der Waals surface area contributed by atoms with Gasteiger partial charge in [-0.2, -0.15) is 0 Å². The molecule has 584 valence electrons. The summed E-state index contributed by atoms with van der Waals surface area (Å²) in [5, 5.41) is 0. The maximum absolute atomic E-state index is 13.7. The number of carbonyl (C=O) groups excluding carboxylic acids is 8. The first-order valence-corrected chi connectivity index (χ1v) is 38.1. The smallest absolute Gasteiger partial charge is 0.343 e. The number of ether oxygens (including phenoxy) is 12. The van der Waals surface area contributed by atoms with Gasteiger partial charge in [0.1, 0.15) is 46.0 Å². The van der Waals surface area contributed by atoms with Gasteiger partial charge in [0, 0.05) is 22.3 Å². The molecule has 0 aliphatic carbocycles. The highest BCUT2D eigenvalue weighted by Crippen LogP contribution is 2.31. The Morgan fingerprint density at radius 1 is 0.239 bits per heavy atom. The summed E-state index contributed by atoms with van der Waals surface area (Å²) in [7, 11) is 0. The number of hydrogen-bond acceptors (Lipinski definition) is 20. The van der Waals surface area contributed by atoms with Crippen molar-refractivity contribution >= 4 is 47.8 Å².